The minimum absolute atomic E-state index is 0.222. The second-order valence-electron chi connectivity index (χ2n) is 11.7. The highest BCUT2D eigenvalue weighted by molar-refractivity contribution is 6.22. The second kappa shape index (κ2) is 9.06. The van der Waals surface area contributed by atoms with E-state index in [9.17, 15) is 5.26 Å². The predicted molar refractivity (Wildman–Crippen MR) is 176 cm³/mol. The van der Waals surface area contributed by atoms with Crippen LogP contribution in [0.1, 0.15) is 30.5 Å². The first-order chi connectivity index (χ1) is 20.6. The van der Waals surface area contributed by atoms with Gasteiger partial charge in [-0.1, -0.05) is 105 Å². The maximum Gasteiger partial charge on any atom is 0.0991 e. The lowest BCUT2D eigenvalue weighted by Crippen LogP contribution is -2.17. The van der Waals surface area contributed by atoms with Gasteiger partial charge in [0.2, 0.25) is 0 Å². The molecular formula is C40H28N2. The summed E-state index contributed by atoms with van der Waals surface area (Å²) in [6, 6.07) is 49.7. The average molecular weight is 537 g/mol. The molecule has 42 heavy (non-hydrogen) atoms. The monoisotopic (exact) mass is 536 g/mol. The van der Waals surface area contributed by atoms with E-state index in [0.29, 0.717) is 5.56 Å². The van der Waals surface area contributed by atoms with Gasteiger partial charge in [0.25, 0.3) is 0 Å². The van der Waals surface area contributed by atoms with Gasteiger partial charge < -0.3 is 4.90 Å². The second-order valence-corrected chi connectivity index (χ2v) is 11.7. The van der Waals surface area contributed by atoms with Gasteiger partial charge in [-0.05, 0) is 91.6 Å². The molecule has 0 unspecified atom stereocenters. The molecule has 0 aromatic heterocycles. The SMILES string of the molecule is CC1(C)c2cc(N(c3ccccc3)c3ccc(C#N)cc3)c3ccccc3c2-c2c1c1ccccc1c1ccccc21. The molecule has 0 heterocycles. The van der Waals surface area contributed by atoms with Crippen molar-refractivity contribution in [3.63, 3.8) is 0 Å². The van der Waals surface area contributed by atoms with Crippen LogP contribution in [-0.4, -0.2) is 0 Å². The van der Waals surface area contributed by atoms with Crippen molar-refractivity contribution in [1.29, 1.82) is 5.26 Å². The Bertz CT molecular complexity index is 2220. The summed E-state index contributed by atoms with van der Waals surface area (Å²) in [5.74, 6) is 0. The quantitative estimate of drug-likeness (QED) is 0.210. The molecule has 0 amide bonds. The highest BCUT2D eigenvalue weighted by Crippen LogP contribution is 2.58. The highest BCUT2D eigenvalue weighted by Gasteiger charge is 2.40. The predicted octanol–water partition coefficient (Wildman–Crippen LogP) is 10.8. The van der Waals surface area contributed by atoms with Crippen LogP contribution >= 0.6 is 0 Å². The van der Waals surface area contributed by atoms with E-state index in [0.717, 1.165) is 17.1 Å². The maximum atomic E-state index is 9.48. The number of hydrogen-bond donors (Lipinski definition) is 0. The third kappa shape index (κ3) is 3.38. The Labute approximate surface area is 245 Å². The molecule has 0 spiro atoms. The Morgan fingerprint density at radius 1 is 0.524 bits per heavy atom. The van der Waals surface area contributed by atoms with E-state index in [-0.39, 0.29) is 5.41 Å². The van der Waals surface area contributed by atoms with Crippen molar-refractivity contribution < 1.29 is 0 Å². The van der Waals surface area contributed by atoms with Crippen molar-refractivity contribution >= 4 is 49.4 Å². The first-order valence-electron chi connectivity index (χ1n) is 14.4. The van der Waals surface area contributed by atoms with Crippen LogP contribution in [-0.2, 0) is 5.41 Å². The van der Waals surface area contributed by atoms with E-state index in [1.165, 1.54) is 54.6 Å². The molecule has 7 aromatic carbocycles. The smallest absolute Gasteiger partial charge is 0.0991 e. The van der Waals surface area contributed by atoms with Crippen LogP contribution in [0.15, 0.2) is 133 Å². The largest absolute Gasteiger partial charge is 0.310 e. The Kier molecular flexibility index (Phi) is 5.27. The van der Waals surface area contributed by atoms with Gasteiger partial charge in [0.05, 0.1) is 17.3 Å². The average Bonchev–Trinajstić information content (AvgIpc) is 3.29. The fourth-order valence-electron chi connectivity index (χ4n) is 7.18. The molecule has 0 fully saturated rings. The molecule has 2 nitrogen and oxygen atoms in total. The molecule has 0 N–H and O–H groups in total. The highest BCUT2D eigenvalue weighted by atomic mass is 15.1. The summed E-state index contributed by atoms with van der Waals surface area (Å²) in [5.41, 5.74) is 9.10. The lowest BCUT2D eigenvalue weighted by Gasteiger charge is -2.30. The molecule has 1 aliphatic carbocycles. The van der Waals surface area contributed by atoms with Gasteiger partial charge in [-0.15, -0.1) is 0 Å². The molecule has 1 aliphatic rings. The van der Waals surface area contributed by atoms with Gasteiger partial charge in [0.15, 0.2) is 0 Å². The summed E-state index contributed by atoms with van der Waals surface area (Å²) in [5, 5.41) is 17.2. The molecule has 0 saturated carbocycles. The van der Waals surface area contributed by atoms with Crippen LogP contribution in [0.4, 0.5) is 17.1 Å². The van der Waals surface area contributed by atoms with Gasteiger partial charge in [0, 0.05) is 22.2 Å². The van der Waals surface area contributed by atoms with E-state index < -0.39 is 0 Å². The van der Waals surface area contributed by atoms with Crippen LogP contribution in [0.5, 0.6) is 0 Å². The minimum Gasteiger partial charge on any atom is -0.310 e. The minimum atomic E-state index is -0.222. The molecule has 0 atom stereocenters. The standard InChI is InChI=1S/C40H28N2/c1-40(2)35-24-36(42(27-12-4-3-5-13-27)28-22-20-26(25-41)21-23-28)31-16-8-10-18-33(31)37(35)38-32-17-9-6-14-29(32)30-15-7-11-19-34(30)39(38)40/h3-24H,1-2H3. The Morgan fingerprint density at radius 2 is 1.02 bits per heavy atom. The number of rotatable bonds is 3. The first kappa shape index (κ1) is 24.4. The molecule has 2 heteroatoms. The zero-order valence-electron chi connectivity index (χ0n) is 23.6. The third-order valence-electron chi connectivity index (χ3n) is 9.01. The van der Waals surface area contributed by atoms with Crippen molar-refractivity contribution in [2.45, 2.75) is 19.3 Å². The number of anilines is 3. The Balaban J connectivity index is 1.51. The molecule has 0 bridgehead atoms. The number of hydrogen-bond acceptors (Lipinski definition) is 2. The van der Waals surface area contributed by atoms with Gasteiger partial charge in [-0.2, -0.15) is 5.26 Å². The third-order valence-corrected chi connectivity index (χ3v) is 9.01. The zero-order valence-corrected chi connectivity index (χ0v) is 23.6. The van der Waals surface area contributed by atoms with Gasteiger partial charge in [0.1, 0.15) is 0 Å². The van der Waals surface area contributed by atoms with Crippen molar-refractivity contribution in [2.24, 2.45) is 0 Å². The lowest BCUT2D eigenvalue weighted by atomic mass is 9.79. The number of nitriles is 1. The zero-order chi connectivity index (χ0) is 28.4. The molecule has 198 valence electrons. The lowest BCUT2D eigenvalue weighted by molar-refractivity contribution is 0.667. The van der Waals surface area contributed by atoms with E-state index in [2.05, 4.69) is 146 Å². The van der Waals surface area contributed by atoms with E-state index in [1.807, 2.05) is 12.1 Å². The number of benzene rings is 7. The molecule has 8 rings (SSSR count). The summed E-state index contributed by atoms with van der Waals surface area (Å²) in [7, 11) is 0. The van der Waals surface area contributed by atoms with Gasteiger partial charge >= 0.3 is 0 Å². The number of para-hydroxylation sites is 1. The van der Waals surface area contributed by atoms with E-state index in [4.69, 9.17) is 0 Å². The van der Waals surface area contributed by atoms with Crippen molar-refractivity contribution in [3.05, 3.63) is 150 Å². The van der Waals surface area contributed by atoms with Crippen LogP contribution < -0.4 is 4.90 Å². The van der Waals surface area contributed by atoms with Crippen molar-refractivity contribution in [3.8, 4) is 17.2 Å². The number of fused-ring (bicyclic) bond motifs is 10. The molecular weight excluding hydrogens is 508 g/mol. The number of nitrogens with zero attached hydrogens (tertiary/aromatic N) is 2. The summed E-state index contributed by atoms with van der Waals surface area (Å²) in [6.07, 6.45) is 0. The van der Waals surface area contributed by atoms with Gasteiger partial charge in [-0.25, -0.2) is 0 Å². The van der Waals surface area contributed by atoms with E-state index in [1.54, 1.807) is 0 Å². The first-order valence-corrected chi connectivity index (χ1v) is 14.4. The fraction of sp³-hybridized carbons (Fsp3) is 0.0750. The molecule has 0 radical (unpaired) electrons. The summed E-state index contributed by atoms with van der Waals surface area (Å²) >= 11 is 0. The normalized spacial score (nSPS) is 13.2. The topological polar surface area (TPSA) is 27.0 Å². The molecule has 0 saturated heterocycles. The Hall–Kier alpha value is -5.39. The van der Waals surface area contributed by atoms with Crippen LogP contribution in [0, 0.1) is 11.3 Å². The Morgan fingerprint density at radius 3 is 1.67 bits per heavy atom. The summed E-state index contributed by atoms with van der Waals surface area (Å²) < 4.78 is 0. The van der Waals surface area contributed by atoms with Crippen molar-refractivity contribution in [1.82, 2.24) is 0 Å². The van der Waals surface area contributed by atoms with Crippen LogP contribution in [0.3, 0.4) is 0 Å². The van der Waals surface area contributed by atoms with Crippen LogP contribution in [0.25, 0.3) is 43.4 Å². The fourth-order valence-corrected chi connectivity index (χ4v) is 7.18. The maximum absolute atomic E-state index is 9.48. The summed E-state index contributed by atoms with van der Waals surface area (Å²) in [4.78, 5) is 2.33. The van der Waals surface area contributed by atoms with Gasteiger partial charge in [-0.3, -0.25) is 0 Å². The molecule has 7 aromatic rings. The van der Waals surface area contributed by atoms with Crippen LogP contribution in [0.2, 0.25) is 0 Å². The summed E-state index contributed by atoms with van der Waals surface area (Å²) in [6.45, 7) is 4.76. The van der Waals surface area contributed by atoms with E-state index >= 15 is 0 Å². The van der Waals surface area contributed by atoms with Crippen molar-refractivity contribution in [2.75, 3.05) is 4.90 Å². The molecule has 0 aliphatic heterocycles.